The Morgan fingerprint density at radius 1 is 1.60 bits per heavy atom. The Hall–Kier alpha value is -1.03. The molecule has 1 unspecified atom stereocenters. The van der Waals surface area contributed by atoms with Gasteiger partial charge in [0.05, 0.1) is 6.42 Å². The number of hydrogen-bond donors (Lipinski definition) is 2. The van der Waals surface area contributed by atoms with Crippen LogP contribution in [0, 0.1) is 6.92 Å². The normalized spacial score (nSPS) is 12.2. The van der Waals surface area contributed by atoms with E-state index in [1.54, 1.807) is 0 Å². The number of anilines is 1. The number of halogens is 1. The van der Waals surface area contributed by atoms with E-state index in [1.807, 2.05) is 32.0 Å². The van der Waals surface area contributed by atoms with Crippen molar-refractivity contribution in [3.63, 3.8) is 0 Å². The second-order valence-corrected chi connectivity index (χ2v) is 4.52. The van der Waals surface area contributed by atoms with Crippen LogP contribution in [0.5, 0.6) is 0 Å². The Labute approximate surface area is 97.6 Å². The highest BCUT2D eigenvalue weighted by Crippen LogP contribution is 2.21. The molecule has 0 aliphatic rings. The molecule has 1 aromatic carbocycles. The molecule has 0 saturated carbocycles. The van der Waals surface area contributed by atoms with Gasteiger partial charge in [-0.2, -0.15) is 0 Å². The highest BCUT2D eigenvalue weighted by Gasteiger charge is 2.08. The van der Waals surface area contributed by atoms with E-state index in [4.69, 9.17) is 5.11 Å². The number of carboxylic acid groups (broad SMARTS) is 1. The number of aryl methyl sites for hydroxylation is 1. The minimum absolute atomic E-state index is 0.0736. The van der Waals surface area contributed by atoms with Gasteiger partial charge >= 0.3 is 5.97 Å². The topological polar surface area (TPSA) is 49.3 Å². The van der Waals surface area contributed by atoms with E-state index in [9.17, 15) is 4.79 Å². The van der Waals surface area contributed by atoms with Crippen LogP contribution in [0.4, 0.5) is 5.69 Å². The van der Waals surface area contributed by atoms with Crippen LogP contribution in [-0.2, 0) is 4.79 Å². The molecule has 0 fully saturated rings. The van der Waals surface area contributed by atoms with Crippen molar-refractivity contribution >= 4 is 27.6 Å². The van der Waals surface area contributed by atoms with Crippen molar-refractivity contribution in [2.45, 2.75) is 26.3 Å². The van der Waals surface area contributed by atoms with Gasteiger partial charge in [-0.3, -0.25) is 4.79 Å². The van der Waals surface area contributed by atoms with E-state index in [0.29, 0.717) is 0 Å². The Morgan fingerprint density at radius 3 is 2.87 bits per heavy atom. The molecule has 0 aromatic heterocycles. The van der Waals surface area contributed by atoms with Crippen LogP contribution in [-0.4, -0.2) is 17.1 Å². The molecule has 0 aliphatic carbocycles. The SMILES string of the molecule is Cc1ccc(Br)cc1NC(C)CC(=O)O. The Morgan fingerprint density at radius 2 is 2.27 bits per heavy atom. The third kappa shape index (κ3) is 3.91. The second-order valence-electron chi connectivity index (χ2n) is 3.60. The summed E-state index contributed by atoms with van der Waals surface area (Å²) in [7, 11) is 0. The Balaban J connectivity index is 2.71. The molecule has 15 heavy (non-hydrogen) atoms. The molecule has 0 saturated heterocycles. The fraction of sp³-hybridized carbons (Fsp3) is 0.364. The predicted molar refractivity (Wildman–Crippen MR) is 64.2 cm³/mol. The molecule has 1 atom stereocenters. The minimum atomic E-state index is -0.789. The van der Waals surface area contributed by atoms with Gasteiger partial charge in [0.1, 0.15) is 0 Å². The molecule has 4 heteroatoms. The Kier molecular flexibility index (Phi) is 4.15. The number of nitrogens with one attached hydrogen (secondary N) is 1. The summed E-state index contributed by atoms with van der Waals surface area (Å²) in [6.45, 7) is 3.84. The molecule has 3 nitrogen and oxygen atoms in total. The molecule has 0 spiro atoms. The molecule has 0 bridgehead atoms. The largest absolute Gasteiger partial charge is 0.481 e. The van der Waals surface area contributed by atoms with E-state index >= 15 is 0 Å². The predicted octanol–water partition coefficient (Wildman–Crippen LogP) is 3.03. The second kappa shape index (κ2) is 5.16. The lowest BCUT2D eigenvalue weighted by atomic mass is 10.1. The fourth-order valence-corrected chi connectivity index (χ4v) is 1.69. The maximum absolute atomic E-state index is 10.5. The molecular weight excluding hydrogens is 258 g/mol. The van der Waals surface area contributed by atoms with Gasteiger partial charge in [0.25, 0.3) is 0 Å². The first kappa shape index (κ1) is 12.0. The number of rotatable bonds is 4. The van der Waals surface area contributed by atoms with E-state index in [0.717, 1.165) is 15.7 Å². The third-order valence-electron chi connectivity index (χ3n) is 2.08. The van der Waals surface area contributed by atoms with Gasteiger partial charge in [0, 0.05) is 16.2 Å². The average molecular weight is 272 g/mol. The van der Waals surface area contributed by atoms with Crippen LogP contribution < -0.4 is 5.32 Å². The monoisotopic (exact) mass is 271 g/mol. The minimum Gasteiger partial charge on any atom is -0.481 e. The number of carbonyl (C=O) groups is 1. The van der Waals surface area contributed by atoms with Crippen LogP contribution in [0.3, 0.4) is 0 Å². The maximum atomic E-state index is 10.5. The van der Waals surface area contributed by atoms with Crippen LogP contribution in [0.1, 0.15) is 18.9 Å². The van der Waals surface area contributed by atoms with Crippen molar-refractivity contribution in [2.24, 2.45) is 0 Å². The summed E-state index contributed by atoms with van der Waals surface area (Å²) < 4.78 is 0.984. The summed E-state index contributed by atoms with van der Waals surface area (Å²) in [5, 5.41) is 11.8. The molecule has 2 N–H and O–H groups in total. The smallest absolute Gasteiger partial charge is 0.305 e. The van der Waals surface area contributed by atoms with E-state index in [1.165, 1.54) is 0 Å². The standard InChI is InChI=1S/C11H14BrNO2/c1-7-3-4-9(12)6-10(7)13-8(2)5-11(14)15/h3-4,6,8,13H,5H2,1-2H3,(H,14,15). The number of aliphatic carboxylic acids is 1. The van der Waals surface area contributed by atoms with Crippen molar-refractivity contribution in [3.05, 3.63) is 28.2 Å². The van der Waals surface area contributed by atoms with Gasteiger partial charge in [0.15, 0.2) is 0 Å². The zero-order valence-electron chi connectivity index (χ0n) is 8.75. The molecule has 0 amide bonds. The van der Waals surface area contributed by atoms with Crippen LogP contribution in [0.15, 0.2) is 22.7 Å². The average Bonchev–Trinajstić information content (AvgIpc) is 2.10. The molecular formula is C11H14BrNO2. The van der Waals surface area contributed by atoms with Gasteiger partial charge in [-0.1, -0.05) is 22.0 Å². The quantitative estimate of drug-likeness (QED) is 0.885. The zero-order chi connectivity index (χ0) is 11.4. The van der Waals surface area contributed by atoms with Crippen molar-refractivity contribution in [1.82, 2.24) is 0 Å². The summed E-state index contributed by atoms with van der Waals surface area (Å²) in [5.74, 6) is -0.789. The first-order chi connectivity index (χ1) is 6.99. The van der Waals surface area contributed by atoms with Gasteiger partial charge in [-0.05, 0) is 31.5 Å². The molecule has 0 aliphatic heterocycles. The Bertz CT molecular complexity index is 366. The summed E-state index contributed by atoms with van der Waals surface area (Å²) in [4.78, 5) is 10.5. The molecule has 82 valence electrons. The highest BCUT2D eigenvalue weighted by molar-refractivity contribution is 9.10. The van der Waals surface area contributed by atoms with E-state index in [2.05, 4.69) is 21.2 Å². The maximum Gasteiger partial charge on any atom is 0.305 e. The first-order valence-electron chi connectivity index (χ1n) is 4.73. The van der Waals surface area contributed by atoms with Crippen molar-refractivity contribution in [1.29, 1.82) is 0 Å². The first-order valence-corrected chi connectivity index (χ1v) is 5.53. The van der Waals surface area contributed by atoms with Gasteiger partial charge in [-0.15, -0.1) is 0 Å². The highest BCUT2D eigenvalue weighted by atomic mass is 79.9. The van der Waals surface area contributed by atoms with Gasteiger partial charge in [-0.25, -0.2) is 0 Å². The summed E-state index contributed by atoms with van der Waals surface area (Å²) in [5.41, 5.74) is 2.08. The lowest BCUT2D eigenvalue weighted by molar-refractivity contribution is -0.137. The molecule has 0 radical (unpaired) electrons. The number of carboxylic acids is 1. The van der Waals surface area contributed by atoms with Gasteiger partial charge in [0.2, 0.25) is 0 Å². The third-order valence-corrected chi connectivity index (χ3v) is 2.58. The summed E-state index contributed by atoms with van der Waals surface area (Å²) >= 11 is 3.38. The van der Waals surface area contributed by atoms with Crippen molar-refractivity contribution in [3.8, 4) is 0 Å². The molecule has 1 aromatic rings. The summed E-state index contributed by atoms with van der Waals surface area (Å²) in [6.07, 6.45) is 0.117. The number of benzene rings is 1. The van der Waals surface area contributed by atoms with Crippen LogP contribution in [0.25, 0.3) is 0 Å². The fourth-order valence-electron chi connectivity index (χ4n) is 1.33. The molecule has 0 heterocycles. The van der Waals surface area contributed by atoms with E-state index in [-0.39, 0.29) is 12.5 Å². The summed E-state index contributed by atoms with van der Waals surface area (Å²) in [6, 6.07) is 5.83. The zero-order valence-corrected chi connectivity index (χ0v) is 10.3. The van der Waals surface area contributed by atoms with Crippen molar-refractivity contribution in [2.75, 3.05) is 5.32 Å². The van der Waals surface area contributed by atoms with E-state index < -0.39 is 5.97 Å². The van der Waals surface area contributed by atoms with Crippen LogP contribution >= 0.6 is 15.9 Å². The lowest BCUT2D eigenvalue weighted by Crippen LogP contribution is -2.19. The number of hydrogen-bond acceptors (Lipinski definition) is 2. The van der Waals surface area contributed by atoms with Gasteiger partial charge < -0.3 is 10.4 Å². The molecule has 1 rings (SSSR count). The lowest BCUT2D eigenvalue weighted by Gasteiger charge is -2.15. The van der Waals surface area contributed by atoms with Crippen molar-refractivity contribution < 1.29 is 9.90 Å². The van der Waals surface area contributed by atoms with Crippen LogP contribution in [0.2, 0.25) is 0 Å².